The van der Waals surface area contributed by atoms with Crippen molar-refractivity contribution in [2.24, 2.45) is 0 Å². The number of hydrogen-bond acceptors (Lipinski definition) is 2. The number of aromatic nitrogens is 1. The maximum atomic E-state index is 12.8. The molecule has 0 unspecified atom stereocenters. The molecule has 4 aromatic rings. The van der Waals surface area contributed by atoms with E-state index in [2.05, 4.69) is 9.71 Å². The molecule has 0 atom stereocenters. The Bertz CT molecular complexity index is 1160. The van der Waals surface area contributed by atoms with Crippen LogP contribution in [-0.2, 0) is 10.0 Å². The molecule has 0 amide bonds. The Labute approximate surface area is 152 Å². The molecule has 1 heterocycles. The molecule has 0 saturated carbocycles. The number of nitrogens with one attached hydrogen (secondary N) is 2. The van der Waals surface area contributed by atoms with Crippen LogP contribution in [0.1, 0.15) is 5.56 Å². The first-order valence-electron chi connectivity index (χ1n) is 8.29. The van der Waals surface area contributed by atoms with E-state index in [9.17, 15) is 8.42 Å². The second-order valence-corrected chi connectivity index (χ2v) is 7.92. The molecule has 3 aromatic carbocycles. The van der Waals surface area contributed by atoms with Gasteiger partial charge in [-0.1, -0.05) is 48.5 Å². The summed E-state index contributed by atoms with van der Waals surface area (Å²) >= 11 is 0. The molecule has 0 aliphatic heterocycles. The van der Waals surface area contributed by atoms with Crippen molar-refractivity contribution in [3.63, 3.8) is 0 Å². The van der Waals surface area contributed by atoms with Crippen molar-refractivity contribution in [3.8, 4) is 11.3 Å². The van der Waals surface area contributed by atoms with E-state index in [-0.39, 0.29) is 4.90 Å². The number of hydrogen-bond donors (Lipinski definition) is 2. The lowest BCUT2D eigenvalue weighted by molar-refractivity contribution is 0.601. The van der Waals surface area contributed by atoms with Gasteiger partial charge in [-0.05, 0) is 42.8 Å². The summed E-state index contributed by atoms with van der Waals surface area (Å²) in [6.45, 7) is 1.87. The molecule has 1 aromatic heterocycles. The van der Waals surface area contributed by atoms with Crippen molar-refractivity contribution >= 4 is 26.6 Å². The normalized spacial score (nSPS) is 11.6. The minimum absolute atomic E-state index is 0.254. The topological polar surface area (TPSA) is 62.0 Å². The average Bonchev–Trinajstić information content (AvgIpc) is 3.06. The van der Waals surface area contributed by atoms with Crippen LogP contribution < -0.4 is 4.72 Å². The van der Waals surface area contributed by atoms with Crippen LogP contribution >= 0.6 is 0 Å². The molecule has 0 radical (unpaired) electrons. The van der Waals surface area contributed by atoms with Crippen molar-refractivity contribution < 1.29 is 8.42 Å². The molecular formula is C21H18N2O2S. The van der Waals surface area contributed by atoms with Gasteiger partial charge in [-0.2, -0.15) is 0 Å². The predicted molar refractivity (Wildman–Crippen MR) is 106 cm³/mol. The molecule has 0 saturated heterocycles. The molecule has 0 aliphatic rings. The largest absolute Gasteiger partial charge is 0.354 e. The minimum Gasteiger partial charge on any atom is -0.354 e. The quantitative estimate of drug-likeness (QED) is 0.540. The van der Waals surface area contributed by atoms with Gasteiger partial charge in [0.2, 0.25) is 0 Å². The number of aromatic amines is 1. The molecule has 0 fully saturated rings. The van der Waals surface area contributed by atoms with Crippen molar-refractivity contribution in [3.05, 3.63) is 84.4 Å². The highest BCUT2D eigenvalue weighted by atomic mass is 32.2. The van der Waals surface area contributed by atoms with Crippen LogP contribution in [0, 0.1) is 6.92 Å². The summed E-state index contributed by atoms with van der Waals surface area (Å²) in [4.78, 5) is 3.61. The fraction of sp³-hybridized carbons (Fsp3) is 0.0476. The molecule has 2 N–H and O–H groups in total. The van der Waals surface area contributed by atoms with E-state index >= 15 is 0 Å². The highest BCUT2D eigenvalue weighted by molar-refractivity contribution is 7.92. The first-order valence-corrected chi connectivity index (χ1v) is 9.78. The van der Waals surface area contributed by atoms with Crippen molar-refractivity contribution in [1.82, 2.24) is 4.98 Å². The summed E-state index contributed by atoms with van der Waals surface area (Å²) < 4.78 is 28.3. The standard InChI is InChI=1S/C21H18N2O2S/c1-15-7-6-9-17(13-15)26(24,25)23-20-12-5-3-10-18(20)21-14-16-8-2-4-11-19(16)22-21/h2-14,22-23H,1H3. The molecule has 4 nitrogen and oxygen atoms in total. The number of rotatable bonds is 4. The predicted octanol–water partition coefficient (Wildman–Crippen LogP) is 4.94. The number of para-hydroxylation sites is 2. The summed E-state index contributed by atoms with van der Waals surface area (Å²) in [6, 6.07) is 24.3. The first kappa shape index (κ1) is 16.4. The lowest BCUT2D eigenvalue weighted by Gasteiger charge is -2.12. The van der Waals surface area contributed by atoms with E-state index in [4.69, 9.17) is 0 Å². The van der Waals surface area contributed by atoms with Crippen molar-refractivity contribution in [2.75, 3.05) is 4.72 Å². The number of benzene rings is 3. The Morgan fingerprint density at radius 2 is 1.62 bits per heavy atom. The van der Waals surface area contributed by atoms with Crippen LogP contribution in [0.3, 0.4) is 0 Å². The third-order valence-electron chi connectivity index (χ3n) is 4.29. The fourth-order valence-electron chi connectivity index (χ4n) is 3.01. The Morgan fingerprint density at radius 3 is 2.42 bits per heavy atom. The maximum Gasteiger partial charge on any atom is 0.261 e. The summed E-state index contributed by atoms with van der Waals surface area (Å²) in [6.07, 6.45) is 0. The summed E-state index contributed by atoms with van der Waals surface area (Å²) in [5.74, 6) is 0. The monoisotopic (exact) mass is 362 g/mol. The summed E-state index contributed by atoms with van der Waals surface area (Å²) in [5, 5.41) is 1.08. The van der Waals surface area contributed by atoms with Crippen LogP contribution in [-0.4, -0.2) is 13.4 Å². The van der Waals surface area contributed by atoms with E-state index in [0.717, 1.165) is 27.7 Å². The zero-order valence-electron chi connectivity index (χ0n) is 14.2. The van der Waals surface area contributed by atoms with Crippen LogP contribution in [0.4, 0.5) is 5.69 Å². The molecule has 0 bridgehead atoms. The van der Waals surface area contributed by atoms with Gasteiger partial charge < -0.3 is 4.98 Å². The van der Waals surface area contributed by atoms with Gasteiger partial charge in [-0.25, -0.2) is 8.42 Å². The van der Waals surface area contributed by atoms with E-state index < -0.39 is 10.0 Å². The molecule has 0 aliphatic carbocycles. The number of fused-ring (bicyclic) bond motifs is 1. The highest BCUT2D eigenvalue weighted by Crippen LogP contribution is 2.31. The Kier molecular flexibility index (Phi) is 4.01. The minimum atomic E-state index is -3.66. The molecule has 0 spiro atoms. The summed E-state index contributed by atoms with van der Waals surface area (Å²) in [7, 11) is -3.66. The molecule has 4 rings (SSSR count). The lowest BCUT2D eigenvalue weighted by atomic mass is 10.1. The lowest BCUT2D eigenvalue weighted by Crippen LogP contribution is -2.13. The van der Waals surface area contributed by atoms with Gasteiger partial charge in [0.25, 0.3) is 10.0 Å². The molecule has 26 heavy (non-hydrogen) atoms. The number of anilines is 1. The van der Waals surface area contributed by atoms with Gasteiger partial charge in [0.05, 0.1) is 10.6 Å². The van der Waals surface area contributed by atoms with Crippen LogP contribution in [0.2, 0.25) is 0 Å². The van der Waals surface area contributed by atoms with Gasteiger partial charge in [0.1, 0.15) is 0 Å². The van der Waals surface area contributed by atoms with Gasteiger partial charge in [-0.3, -0.25) is 4.72 Å². The number of sulfonamides is 1. The van der Waals surface area contributed by atoms with Crippen molar-refractivity contribution in [1.29, 1.82) is 0 Å². The van der Waals surface area contributed by atoms with Crippen LogP contribution in [0.25, 0.3) is 22.2 Å². The van der Waals surface area contributed by atoms with E-state index in [1.165, 1.54) is 0 Å². The molecular weight excluding hydrogens is 344 g/mol. The van der Waals surface area contributed by atoms with E-state index in [1.54, 1.807) is 24.3 Å². The third-order valence-corrected chi connectivity index (χ3v) is 5.65. The zero-order chi connectivity index (χ0) is 18.1. The zero-order valence-corrected chi connectivity index (χ0v) is 15.0. The number of H-pyrrole nitrogens is 1. The molecule has 130 valence electrons. The van der Waals surface area contributed by atoms with Gasteiger partial charge in [0.15, 0.2) is 0 Å². The van der Waals surface area contributed by atoms with Crippen molar-refractivity contribution in [2.45, 2.75) is 11.8 Å². The second kappa shape index (κ2) is 6.35. The van der Waals surface area contributed by atoms with Crippen LogP contribution in [0.5, 0.6) is 0 Å². The molecule has 5 heteroatoms. The van der Waals surface area contributed by atoms with Gasteiger partial charge in [0, 0.05) is 22.2 Å². The van der Waals surface area contributed by atoms with E-state index in [1.807, 2.05) is 61.5 Å². The SMILES string of the molecule is Cc1cccc(S(=O)(=O)Nc2ccccc2-c2cc3ccccc3[nH]2)c1. The highest BCUT2D eigenvalue weighted by Gasteiger charge is 2.17. The summed E-state index contributed by atoms with van der Waals surface area (Å²) in [5.41, 5.74) is 4.13. The Hall–Kier alpha value is -3.05. The Balaban J connectivity index is 1.76. The van der Waals surface area contributed by atoms with Gasteiger partial charge >= 0.3 is 0 Å². The van der Waals surface area contributed by atoms with Gasteiger partial charge in [-0.15, -0.1) is 0 Å². The fourth-order valence-corrected chi connectivity index (χ4v) is 4.20. The van der Waals surface area contributed by atoms with Crippen LogP contribution in [0.15, 0.2) is 83.8 Å². The third kappa shape index (κ3) is 3.09. The second-order valence-electron chi connectivity index (χ2n) is 6.24. The average molecular weight is 362 g/mol. The number of aryl methyl sites for hydroxylation is 1. The maximum absolute atomic E-state index is 12.8. The first-order chi connectivity index (χ1) is 12.5. The smallest absolute Gasteiger partial charge is 0.261 e. The Morgan fingerprint density at radius 1 is 0.846 bits per heavy atom. The van der Waals surface area contributed by atoms with E-state index in [0.29, 0.717) is 5.69 Å².